The average Bonchev–Trinajstić information content (AvgIpc) is 2.96. The molecule has 4 rings (SSSR count). The molecular formula is C32H29ClF3N3O4S. The number of hydrogen-bond donors (Lipinski definition) is 2. The molecule has 0 aliphatic carbocycles. The zero-order valence-corrected chi connectivity index (χ0v) is 25.5. The number of sulfonamides is 1. The molecule has 2 amide bonds. The molecule has 0 aliphatic heterocycles. The van der Waals surface area contributed by atoms with E-state index in [1.807, 2.05) is 12.1 Å². The lowest BCUT2D eigenvalue weighted by molar-refractivity contribution is -0.137. The topological polar surface area (TPSA) is 95.6 Å². The standard InChI is InChI=1S/C32H29ClF3N3O4S/c1-31(2,3)22-14-12-21(13-15-22)30(41)38-25-9-7-8-24(19-25)37-29(40)20-39(44(42,43)26-10-5-4-6-11-26)28-18-23(32(34,35)36)16-17-27(28)33/h4-19H,20H2,1-3H3,(H,37,40)(H,38,41). The molecule has 0 heterocycles. The second-order valence-electron chi connectivity index (χ2n) is 10.9. The predicted molar refractivity (Wildman–Crippen MR) is 166 cm³/mol. The fourth-order valence-electron chi connectivity index (χ4n) is 4.23. The zero-order valence-electron chi connectivity index (χ0n) is 23.9. The van der Waals surface area contributed by atoms with Gasteiger partial charge in [-0.25, -0.2) is 8.42 Å². The lowest BCUT2D eigenvalue weighted by Crippen LogP contribution is -2.38. The van der Waals surface area contributed by atoms with Crippen LogP contribution in [0.1, 0.15) is 42.3 Å². The number of benzene rings is 4. The van der Waals surface area contributed by atoms with Crippen LogP contribution in [0.3, 0.4) is 0 Å². The van der Waals surface area contributed by atoms with Crippen molar-refractivity contribution in [3.63, 3.8) is 0 Å². The van der Waals surface area contributed by atoms with Crippen LogP contribution < -0.4 is 14.9 Å². The molecule has 4 aromatic rings. The molecule has 0 fully saturated rings. The first-order valence-electron chi connectivity index (χ1n) is 13.3. The first-order valence-corrected chi connectivity index (χ1v) is 15.1. The Hall–Kier alpha value is -4.35. The van der Waals surface area contributed by atoms with Crippen LogP contribution in [0.25, 0.3) is 0 Å². The van der Waals surface area contributed by atoms with E-state index < -0.39 is 39.9 Å². The van der Waals surface area contributed by atoms with Crippen LogP contribution in [0.5, 0.6) is 0 Å². The number of rotatable bonds is 8. The summed E-state index contributed by atoms with van der Waals surface area (Å²) in [7, 11) is -4.53. The van der Waals surface area contributed by atoms with Crippen LogP contribution in [-0.2, 0) is 26.4 Å². The van der Waals surface area contributed by atoms with Crippen LogP contribution in [0.2, 0.25) is 5.02 Å². The first kappa shape index (κ1) is 32.6. The summed E-state index contributed by atoms with van der Waals surface area (Å²) in [6.45, 7) is 5.29. The van der Waals surface area contributed by atoms with E-state index in [-0.39, 0.29) is 26.9 Å². The second kappa shape index (κ2) is 12.7. The monoisotopic (exact) mass is 643 g/mol. The fraction of sp³-hybridized carbons (Fsp3) is 0.188. The Labute approximate surface area is 258 Å². The van der Waals surface area contributed by atoms with Crippen molar-refractivity contribution in [2.24, 2.45) is 0 Å². The molecule has 7 nitrogen and oxygen atoms in total. The number of anilines is 3. The summed E-state index contributed by atoms with van der Waals surface area (Å²) < 4.78 is 68.2. The summed E-state index contributed by atoms with van der Waals surface area (Å²) in [5.74, 6) is -1.24. The molecule has 4 aromatic carbocycles. The van der Waals surface area contributed by atoms with Gasteiger partial charge in [0, 0.05) is 16.9 Å². The molecule has 230 valence electrons. The number of amides is 2. The van der Waals surface area contributed by atoms with E-state index in [1.165, 1.54) is 36.4 Å². The molecule has 0 aromatic heterocycles. The maximum Gasteiger partial charge on any atom is 0.416 e. The number of nitrogens with zero attached hydrogens (tertiary/aromatic N) is 1. The Morgan fingerprint density at radius 3 is 1.95 bits per heavy atom. The van der Waals surface area contributed by atoms with E-state index in [0.717, 1.165) is 17.7 Å². The molecule has 0 atom stereocenters. The number of hydrogen-bond acceptors (Lipinski definition) is 4. The SMILES string of the molecule is CC(C)(C)c1ccc(C(=O)Nc2cccc(NC(=O)CN(c3cc(C(F)(F)F)ccc3Cl)S(=O)(=O)c3ccccc3)c2)cc1. The van der Waals surface area contributed by atoms with E-state index in [1.54, 1.807) is 30.3 Å². The molecule has 0 saturated carbocycles. The maximum atomic E-state index is 13.6. The Balaban J connectivity index is 1.57. The van der Waals surface area contributed by atoms with E-state index >= 15 is 0 Å². The molecule has 0 unspecified atom stereocenters. The van der Waals surface area contributed by atoms with Gasteiger partial charge >= 0.3 is 6.18 Å². The molecular weight excluding hydrogens is 615 g/mol. The molecule has 0 spiro atoms. The van der Waals surface area contributed by atoms with Gasteiger partial charge in [-0.05, 0) is 71.6 Å². The molecule has 0 radical (unpaired) electrons. The third-order valence-corrected chi connectivity index (χ3v) is 8.67. The van der Waals surface area contributed by atoms with Crippen molar-refractivity contribution in [2.75, 3.05) is 21.5 Å². The van der Waals surface area contributed by atoms with E-state index in [0.29, 0.717) is 21.6 Å². The smallest absolute Gasteiger partial charge is 0.324 e. The molecule has 0 aliphatic rings. The summed E-state index contributed by atoms with van der Waals surface area (Å²) in [6, 6.07) is 22.5. The highest BCUT2D eigenvalue weighted by atomic mass is 35.5. The van der Waals surface area contributed by atoms with E-state index in [4.69, 9.17) is 11.6 Å². The molecule has 12 heteroatoms. The van der Waals surface area contributed by atoms with Crippen LogP contribution in [-0.4, -0.2) is 26.8 Å². The molecule has 0 saturated heterocycles. The van der Waals surface area contributed by atoms with Crippen molar-refractivity contribution >= 4 is 50.5 Å². The molecule has 0 bridgehead atoms. The minimum absolute atomic E-state index is 0.0793. The summed E-state index contributed by atoms with van der Waals surface area (Å²) in [6.07, 6.45) is -4.79. The van der Waals surface area contributed by atoms with Gasteiger partial charge in [-0.15, -0.1) is 0 Å². The summed E-state index contributed by atoms with van der Waals surface area (Å²) in [5.41, 5.74) is 0.316. The minimum Gasteiger partial charge on any atom is -0.324 e. The maximum absolute atomic E-state index is 13.6. The van der Waals surface area contributed by atoms with Gasteiger partial charge in [-0.2, -0.15) is 13.2 Å². The first-order chi connectivity index (χ1) is 20.6. The van der Waals surface area contributed by atoms with Crippen LogP contribution >= 0.6 is 11.6 Å². The number of carbonyl (C=O) groups excluding carboxylic acids is 2. The Bertz CT molecular complexity index is 1770. The molecule has 44 heavy (non-hydrogen) atoms. The van der Waals surface area contributed by atoms with Gasteiger partial charge in [0.25, 0.3) is 15.9 Å². The van der Waals surface area contributed by atoms with Gasteiger partial charge in [-0.3, -0.25) is 13.9 Å². The summed E-state index contributed by atoms with van der Waals surface area (Å²) in [4.78, 5) is 25.7. The number of alkyl halides is 3. The fourth-order valence-corrected chi connectivity index (χ4v) is 5.95. The Morgan fingerprint density at radius 2 is 1.36 bits per heavy atom. The predicted octanol–water partition coefficient (Wildman–Crippen LogP) is 7.74. The number of halogens is 4. The Morgan fingerprint density at radius 1 is 0.773 bits per heavy atom. The van der Waals surface area contributed by atoms with Gasteiger partial charge in [-0.1, -0.05) is 68.8 Å². The van der Waals surface area contributed by atoms with Gasteiger partial charge in [0.15, 0.2) is 0 Å². The van der Waals surface area contributed by atoms with E-state index in [2.05, 4.69) is 31.4 Å². The van der Waals surface area contributed by atoms with Crippen molar-refractivity contribution in [3.05, 3.63) is 119 Å². The van der Waals surface area contributed by atoms with Crippen molar-refractivity contribution in [2.45, 2.75) is 37.3 Å². The third-order valence-electron chi connectivity index (χ3n) is 6.58. The molecule has 2 N–H and O–H groups in total. The van der Waals surface area contributed by atoms with Crippen LogP contribution in [0.4, 0.5) is 30.2 Å². The van der Waals surface area contributed by atoms with Crippen molar-refractivity contribution in [1.82, 2.24) is 0 Å². The zero-order chi connectivity index (χ0) is 32.3. The van der Waals surface area contributed by atoms with Crippen LogP contribution in [0.15, 0.2) is 102 Å². The highest BCUT2D eigenvalue weighted by molar-refractivity contribution is 7.92. The summed E-state index contributed by atoms with van der Waals surface area (Å²) in [5, 5.41) is 5.00. The number of nitrogens with one attached hydrogen (secondary N) is 2. The largest absolute Gasteiger partial charge is 0.416 e. The lowest BCUT2D eigenvalue weighted by Gasteiger charge is -2.26. The lowest BCUT2D eigenvalue weighted by atomic mass is 9.87. The van der Waals surface area contributed by atoms with Crippen molar-refractivity contribution < 1.29 is 31.2 Å². The highest BCUT2D eigenvalue weighted by Gasteiger charge is 2.34. The number of carbonyl (C=O) groups is 2. The van der Waals surface area contributed by atoms with Crippen LogP contribution in [0, 0.1) is 0 Å². The van der Waals surface area contributed by atoms with Gasteiger partial charge in [0.1, 0.15) is 6.54 Å². The van der Waals surface area contributed by atoms with Gasteiger partial charge < -0.3 is 10.6 Å². The average molecular weight is 644 g/mol. The highest BCUT2D eigenvalue weighted by Crippen LogP contribution is 2.37. The van der Waals surface area contributed by atoms with Crippen molar-refractivity contribution in [1.29, 1.82) is 0 Å². The summed E-state index contributed by atoms with van der Waals surface area (Å²) >= 11 is 6.18. The van der Waals surface area contributed by atoms with E-state index in [9.17, 15) is 31.2 Å². The van der Waals surface area contributed by atoms with Gasteiger partial charge in [0.05, 0.1) is 21.2 Å². The second-order valence-corrected chi connectivity index (χ2v) is 13.2. The van der Waals surface area contributed by atoms with Crippen molar-refractivity contribution in [3.8, 4) is 0 Å². The quantitative estimate of drug-likeness (QED) is 0.205. The van der Waals surface area contributed by atoms with Gasteiger partial charge in [0.2, 0.25) is 5.91 Å². The Kier molecular flexibility index (Phi) is 9.41. The minimum atomic E-state index is -4.79. The normalized spacial score (nSPS) is 12.0. The third kappa shape index (κ3) is 7.78.